The average molecular weight is 323 g/mol. The number of carbonyl (C=O) groups excluding carboxylic acids is 2. The summed E-state index contributed by atoms with van der Waals surface area (Å²) in [5.41, 5.74) is 4.10. The highest BCUT2D eigenvalue weighted by molar-refractivity contribution is 6.41. The molecule has 1 aliphatic rings. The minimum atomic E-state index is -0.446. The molecule has 118 valence electrons. The normalized spacial score (nSPS) is 21.5. The number of nitrogens with zero attached hydrogens (tertiary/aromatic N) is 1. The van der Waals surface area contributed by atoms with Crippen molar-refractivity contribution in [1.29, 1.82) is 0 Å². The van der Waals surface area contributed by atoms with E-state index in [1.54, 1.807) is 31.2 Å². The van der Waals surface area contributed by atoms with Crippen molar-refractivity contribution in [3.05, 3.63) is 29.3 Å². The van der Waals surface area contributed by atoms with Gasteiger partial charge in [-0.25, -0.2) is 0 Å². The summed E-state index contributed by atoms with van der Waals surface area (Å²) in [6.07, 6.45) is 2.14. The van der Waals surface area contributed by atoms with Gasteiger partial charge in [-0.15, -0.1) is 0 Å². The lowest BCUT2D eigenvalue weighted by Gasteiger charge is -2.25. The molecule has 1 aliphatic carbocycles. The predicted octanol–water partition coefficient (Wildman–Crippen LogP) is 3.29. The number of rotatable bonds is 4. The van der Waals surface area contributed by atoms with E-state index in [2.05, 4.69) is 10.5 Å². The summed E-state index contributed by atoms with van der Waals surface area (Å²) in [5, 5.41) is 4.84. The Morgan fingerprint density at radius 2 is 2.09 bits per heavy atom. The molecule has 0 saturated heterocycles. The van der Waals surface area contributed by atoms with Crippen LogP contribution < -0.4 is 5.43 Å². The third-order valence-electron chi connectivity index (χ3n) is 3.89. The van der Waals surface area contributed by atoms with Gasteiger partial charge in [0.15, 0.2) is 5.78 Å². The van der Waals surface area contributed by atoms with Crippen LogP contribution in [-0.4, -0.2) is 24.6 Å². The second-order valence-corrected chi connectivity index (χ2v) is 5.79. The molecular formula is C16H19ClN2O3. The second-order valence-electron chi connectivity index (χ2n) is 5.35. The molecule has 0 aromatic heterocycles. The maximum absolute atomic E-state index is 12.5. The summed E-state index contributed by atoms with van der Waals surface area (Å²) >= 11 is 5.82. The van der Waals surface area contributed by atoms with Crippen LogP contribution in [0.15, 0.2) is 29.4 Å². The fourth-order valence-corrected chi connectivity index (χ4v) is 2.68. The highest BCUT2D eigenvalue weighted by atomic mass is 35.5. The number of methoxy groups -OCH3 is 1. The van der Waals surface area contributed by atoms with Gasteiger partial charge in [-0.05, 0) is 43.5 Å². The molecule has 5 nitrogen and oxygen atoms in total. The number of benzene rings is 1. The summed E-state index contributed by atoms with van der Waals surface area (Å²) in [5.74, 6) is -1.23. The van der Waals surface area contributed by atoms with Crippen LogP contribution >= 0.6 is 11.6 Å². The monoisotopic (exact) mass is 322 g/mol. The summed E-state index contributed by atoms with van der Waals surface area (Å²) in [6, 6.07) is 7.06. The molecule has 6 heteroatoms. The van der Waals surface area contributed by atoms with Crippen LogP contribution in [0.2, 0.25) is 5.02 Å². The smallest absolute Gasteiger partial charge is 0.309 e. The zero-order chi connectivity index (χ0) is 16.1. The lowest BCUT2D eigenvalue weighted by molar-refractivity contribution is -0.148. The van der Waals surface area contributed by atoms with Crippen LogP contribution in [-0.2, 0) is 14.3 Å². The molecule has 1 aromatic rings. The van der Waals surface area contributed by atoms with E-state index < -0.39 is 5.92 Å². The van der Waals surface area contributed by atoms with Crippen LogP contribution in [0.3, 0.4) is 0 Å². The van der Waals surface area contributed by atoms with Gasteiger partial charge in [0.25, 0.3) is 0 Å². The van der Waals surface area contributed by atoms with Gasteiger partial charge in [-0.1, -0.05) is 18.5 Å². The van der Waals surface area contributed by atoms with Gasteiger partial charge in [0.05, 0.1) is 18.7 Å². The first-order valence-electron chi connectivity index (χ1n) is 7.23. The second kappa shape index (κ2) is 7.40. The molecule has 2 unspecified atom stereocenters. The fourth-order valence-electron chi connectivity index (χ4n) is 2.55. The molecule has 22 heavy (non-hydrogen) atoms. The van der Waals surface area contributed by atoms with Crippen LogP contribution in [0, 0.1) is 11.8 Å². The van der Waals surface area contributed by atoms with E-state index >= 15 is 0 Å². The lowest BCUT2D eigenvalue weighted by atomic mass is 9.79. The molecule has 0 amide bonds. The Morgan fingerprint density at radius 1 is 1.41 bits per heavy atom. The first-order chi connectivity index (χ1) is 10.5. The van der Waals surface area contributed by atoms with Crippen molar-refractivity contribution >= 4 is 34.8 Å². The topological polar surface area (TPSA) is 67.8 Å². The maximum Gasteiger partial charge on any atom is 0.309 e. The SMILES string of the molecule is COC(=O)C(C)C1CCC/C(=N\Nc2ccc(Cl)cc2)C1=O. The minimum absolute atomic E-state index is 0.0781. The molecule has 2 rings (SSSR count). The number of carbonyl (C=O) groups is 2. The van der Waals surface area contributed by atoms with Gasteiger partial charge >= 0.3 is 5.97 Å². The van der Waals surface area contributed by atoms with E-state index in [0.29, 0.717) is 23.6 Å². The molecule has 0 heterocycles. The number of hydrazone groups is 1. The Balaban J connectivity index is 2.07. The van der Waals surface area contributed by atoms with Gasteiger partial charge in [-0.3, -0.25) is 15.0 Å². The number of anilines is 1. The third kappa shape index (κ3) is 3.85. The Hall–Kier alpha value is -1.88. The number of ether oxygens (including phenoxy) is 1. The van der Waals surface area contributed by atoms with Crippen molar-refractivity contribution < 1.29 is 14.3 Å². The van der Waals surface area contributed by atoms with E-state index in [9.17, 15) is 9.59 Å². The molecular weight excluding hydrogens is 304 g/mol. The summed E-state index contributed by atoms with van der Waals surface area (Å²) in [4.78, 5) is 24.1. The zero-order valence-electron chi connectivity index (χ0n) is 12.6. The number of ketones is 1. The van der Waals surface area contributed by atoms with Crippen LogP contribution in [0.4, 0.5) is 5.69 Å². The Bertz CT molecular complexity index is 584. The highest BCUT2D eigenvalue weighted by Gasteiger charge is 2.35. The lowest BCUT2D eigenvalue weighted by Crippen LogP contribution is -2.36. The zero-order valence-corrected chi connectivity index (χ0v) is 13.4. The van der Waals surface area contributed by atoms with Crippen LogP contribution in [0.1, 0.15) is 26.2 Å². The van der Waals surface area contributed by atoms with Crippen molar-refractivity contribution in [2.24, 2.45) is 16.9 Å². The molecule has 2 atom stereocenters. The number of halogens is 1. The van der Waals surface area contributed by atoms with E-state index in [1.807, 2.05) is 0 Å². The van der Waals surface area contributed by atoms with Gasteiger partial charge in [0.1, 0.15) is 5.71 Å². The molecule has 1 N–H and O–H groups in total. The number of Topliss-reactive ketones (excluding diaryl/α,β-unsaturated/α-hetero) is 1. The van der Waals surface area contributed by atoms with Crippen molar-refractivity contribution in [3.8, 4) is 0 Å². The Labute approximate surface area is 134 Å². The van der Waals surface area contributed by atoms with E-state index in [-0.39, 0.29) is 17.7 Å². The highest BCUT2D eigenvalue weighted by Crippen LogP contribution is 2.27. The molecule has 0 bridgehead atoms. The van der Waals surface area contributed by atoms with Crippen LogP contribution in [0.5, 0.6) is 0 Å². The minimum Gasteiger partial charge on any atom is -0.469 e. The Morgan fingerprint density at radius 3 is 2.73 bits per heavy atom. The average Bonchev–Trinajstić information content (AvgIpc) is 2.54. The molecule has 1 aromatic carbocycles. The quantitative estimate of drug-likeness (QED) is 0.682. The van der Waals surface area contributed by atoms with Crippen molar-refractivity contribution in [1.82, 2.24) is 0 Å². The summed E-state index contributed by atoms with van der Waals surface area (Å²) < 4.78 is 4.73. The maximum atomic E-state index is 12.5. The first kappa shape index (κ1) is 16.5. The summed E-state index contributed by atoms with van der Waals surface area (Å²) in [6.45, 7) is 1.73. The van der Waals surface area contributed by atoms with Crippen molar-refractivity contribution in [2.75, 3.05) is 12.5 Å². The fraction of sp³-hybridized carbons (Fsp3) is 0.438. The van der Waals surface area contributed by atoms with Gasteiger partial charge in [0, 0.05) is 10.9 Å². The van der Waals surface area contributed by atoms with Gasteiger partial charge in [0.2, 0.25) is 0 Å². The molecule has 1 fully saturated rings. The first-order valence-corrected chi connectivity index (χ1v) is 7.61. The van der Waals surface area contributed by atoms with Crippen molar-refractivity contribution in [3.63, 3.8) is 0 Å². The third-order valence-corrected chi connectivity index (χ3v) is 4.14. The molecule has 0 radical (unpaired) electrons. The molecule has 0 aliphatic heterocycles. The van der Waals surface area contributed by atoms with E-state index in [0.717, 1.165) is 12.1 Å². The van der Waals surface area contributed by atoms with Gasteiger partial charge in [-0.2, -0.15) is 5.10 Å². The van der Waals surface area contributed by atoms with Gasteiger partial charge < -0.3 is 4.74 Å². The number of hydrogen-bond donors (Lipinski definition) is 1. The molecule has 1 saturated carbocycles. The largest absolute Gasteiger partial charge is 0.469 e. The van der Waals surface area contributed by atoms with E-state index in [4.69, 9.17) is 16.3 Å². The number of nitrogens with one attached hydrogen (secondary N) is 1. The van der Waals surface area contributed by atoms with Crippen molar-refractivity contribution in [2.45, 2.75) is 26.2 Å². The predicted molar refractivity (Wildman–Crippen MR) is 86.0 cm³/mol. The number of esters is 1. The number of hydrogen-bond acceptors (Lipinski definition) is 5. The standard InChI is InChI=1S/C16H19ClN2O3/c1-10(16(21)22-2)13-4-3-5-14(15(13)20)19-18-12-8-6-11(17)7-9-12/h6-10,13,18H,3-5H2,1-2H3/b19-14+. The summed E-state index contributed by atoms with van der Waals surface area (Å²) in [7, 11) is 1.34. The molecule has 0 spiro atoms. The van der Waals surface area contributed by atoms with Crippen LogP contribution in [0.25, 0.3) is 0 Å². The van der Waals surface area contributed by atoms with E-state index in [1.165, 1.54) is 7.11 Å². The Kier molecular flexibility index (Phi) is 5.55.